The van der Waals surface area contributed by atoms with Crippen LogP contribution in [0.1, 0.15) is 56.2 Å². The first-order valence-corrected chi connectivity index (χ1v) is 13.4. The number of fused-ring (bicyclic) bond motifs is 2. The van der Waals surface area contributed by atoms with Crippen molar-refractivity contribution < 1.29 is 19.4 Å². The van der Waals surface area contributed by atoms with Crippen molar-refractivity contribution in [2.75, 3.05) is 18.5 Å². The third kappa shape index (κ3) is 5.90. The third-order valence-corrected chi connectivity index (χ3v) is 7.55. The lowest BCUT2D eigenvalue weighted by Crippen LogP contribution is -2.46. The standard InChI is InChI=1S/C31H34N4O4/c1-30(2,16-21-8-11-24(12-9-21)39-27-13-10-22(17-32)18-33-27)34-19-23(36)20-38-26-7-5-6-25-28(26)31(29(37)35-25)14-3-4-15-31/h5-13,18,23,34,36H,3-4,14-16,19-20H2,1-2H3,(H,35,37)/t23-/m0/s1. The van der Waals surface area contributed by atoms with E-state index in [2.05, 4.69) is 29.5 Å². The van der Waals surface area contributed by atoms with Crippen LogP contribution in [0.25, 0.3) is 0 Å². The number of anilines is 1. The molecule has 1 atom stereocenters. The van der Waals surface area contributed by atoms with E-state index in [-0.39, 0.29) is 18.1 Å². The number of amides is 1. The van der Waals surface area contributed by atoms with Crippen molar-refractivity contribution in [3.8, 4) is 23.4 Å². The van der Waals surface area contributed by atoms with E-state index < -0.39 is 11.5 Å². The highest BCUT2D eigenvalue weighted by Crippen LogP contribution is 2.52. The number of aromatic nitrogens is 1. The Hall–Kier alpha value is -3.93. The molecule has 3 aromatic rings. The summed E-state index contributed by atoms with van der Waals surface area (Å²) in [7, 11) is 0. The molecule has 1 amide bonds. The number of rotatable bonds is 10. The number of nitrogens with zero attached hydrogens (tertiary/aromatic N) is 2. The normalized spacial score (nSPS) is 16.4. The number of pyridine rings is 1. The molecule has 5 rings (SSSR count). The van der Waals surface area contributed by atoms with E-state index in [0.29, 0.717) is 29.5 Å². The van der Waals surface area contributed by atoms with Crippen molar-refractivity contribution in [3.05, 3.63) is 77.5 Å². The van der Waals surface area contributed by atoms with Crippen LogP contribution < -0.4 is 20.1 Å². The molecule has 39 heavy (non-hydrogen) atoms. The SMILES string of the molecule is CC(C)(Cc1ccc(Oc2ccc(C#N)cn2)cc1)NC[C@H](O)COc1cccc2c1C1(CCCC1)C(=O)N2. The Kier molecular flexibility index (Phi) is 7.56. The lowest BCUT2D eigenvalue weighted by molar-refractivity contribution is -0.120. The van der Waals surface area contributed by atoms with Gasteiger partial charge in [-0.25, -0.2) is 4.98 Å². The third-order valence-electron chi connectivity index (χ3n) is 7.55. The lowest BCUT2D eigenvalue weighted by Gasteiger charge is -2.28. The molecule has 2 aromatic carbocycles. The molecule has 202 valence electrons. The van der Waals surface area contributed by atoms with Gasteiger partial charge in [0.05, 0.1) is 11.0 Å². The molecule has 1 aliphatic heterocycles. The number of benzene rings is 2. The molecule has 1 aromatic heterocycles. The van der Waals surface area contributed by atoms with Crippen LogP contribution in [-0.2, 0) is 16.6 Å². The average Bonchev–Trinajstić information content (AvgIpc) is 3.53. The molecular weight excluding hydrogens is 492 g/mol. The highest BCUT2D eigenvalue weighted by molar-refractivity contribution is 6.07. The number of ether oxygens (including phenoxy) is 2. The number of β-amino-alcohol motifs (C(OH)–C–C–N with tert-alkyl or cyclic N) is 1. The van der Waals surface area contributed by atoms with Gasteiger partial charge in [-0.05, 0) is 69.0 Å². The summed E-state index contributed by atoms with van der Waals surface area (Å²) in [5.41, 5.74) is 2.64. The topological polar surface area (TPSA) is 116 Å². The minimum absolute atomic E-state index is 0.0699. The molecule has 8 nitrogen and oxygen atoms in total. The zero-order chi connectivity index (χ0) is 27.5. The maximum Gasteiger partial charge on any atom is 0.235 e. The first-order chi connectivity index (χ1) is 18.8. The summed E-state index contributed by atoms with van der Waals surface area (Å²) in [6.07, 6.45) is 5.26. The summed E-state index contributed by atoms with van der Waals surface area (Å²) < 4.78 is 11.9. The number of carbonyl (C=O) groups is 1. The second-order valence-electron chi connectivity index (χ2n) is 11.1. The Morgan fingerprint density at radius 3 is 2.62 bits per heavy atom. The smallest absolute Gasteiger partial charge is 0.235 e. The van der Waals surface area contributed by atoms with Gasteiger partial charge < -0.3 is 25.2 Å². The van der Waals surface area contributed by atoms with E-state index >= 15 is 0 Å². The van der Waals surface area contributed by atoms with Gasteiger partial charge in [0, 0.05) is 35.6 Å². The number of aliphatic hydroxyl groups excluding tert-OH is 1. The molecule has 0 saturated heterocycles. The van der Waals surface area contributed by atoms with E-state index in [1.165, 1.54) is 6.20 Å². The fraction of sp³-hybridized carbons (Fsp3) is 0.387. The Balaban J connectivity index is 1.12. The molecule has 0 unspecified atom stereocenters. The van der Waals surface area contributed by atoms with Crippen molar-refractivity contribution >= 4 is 11.6 Å². The number of hydrogen-bond donors (Lipinski definition) is 3. The van der Waals surface area contributed by atoms with E-state index in [1.54, 1.807) is 12.1 Å². The van der Waals surface area contributed by atoms with Gasteiger partial charge in [-0.2, -0.15) is 5.26 Å². The number of nitriles is 1. The molecular formula is C31H34N4O4. The van der Waals surface area contributed by atoms with Gasteiger partial charge in [0.15, 0.2) is 0 Å². The predicted molar refractivity (Wildman–Crippen MR) is 148 cm³/mol. The van der Waals surface area contributed by atoms with Gasteiger partial charge in [0.1, 0.15) is 30.3 Å². The van der Waals surface area contributed by atoms with Crippen LogP contribution in [0.15, 0.2) is 60.8 Å². The zero-order valence-electron chi connectivity index (χ0n) is 22.4. The summed E-state index contributed by atoms with van der Waals surface area (Å²) in [5, 5.41) is 26.1. The van der Waals surface area contributed by atoms with Crippen LogP contribution in [0.4, 0.5) is 5.69 Å². The number of hydrogen-bond acceptors (Lipinski definition) is 7. The Morgan fingerprint density at radius 1 is 1.15 bits per heavy atom. The average molecular weight is 527 g/mol. The van der Waals surface area contributed by atoms with Gasteiger partial charge in [-0.1, -0.05) is 31.0 Å². The van der Waals surface area contributed by atoms with Crippen LogP contribution in [-0.4, -0.2) is 40.8 Å². The van der Waals surface area contributed by atoms with Crippen LogP contribution in [0.2, 0.25) is 0 Å². The van der Waals surface area contributed by atoms with Crippen LogP contribution >= 0.6 is 0 Å². The van der Waals surface area contributed by atoms with Gasteiger partial charge >= 0.3 is 0 Å². The molecule has 0 radical (unpaired) electrons. The van der Waals surface area contributed by atoms with Crippen molar-refractivity contribution in [3.63, 3.8) is 0 Å². The summed E-state index contributed by atoms with van der Waals surface area (Å²) >= 11 is 0. The number of carbonyl (C=O) groups excluding carboxylic acids is 1. The highest BCUT2D eigenvalue weighted by Gasteiger charge is 2.50. The molecule has 0 bridgehead atoms. The van der Waals surface area contributed by atoms with E-state index in [0.717, 1.165) is 48.9 Å². The molecule has 2 aliphatic rings. The zero-order valence-corrected chi connectivity index (χ0v) is 22.4. The van der Waals surface area contributed by atoms with Gasteiger partial charge in [0.25, 0.3) is 0 Å². The summed E-state index contributed by atoms with van der Waals surface area (Å²) in [6.45, 7) is 4.70. The van der Waals surface area contributed by atoms with Gasteiger partial charge in [-0.15, -0.1) is 0 Å². The maximum atomic E-state index is 12.8. The minimum Gasteiger partial charge on any atom is -0.490 e. The first-order valence-electron chi connectivity index (χ1n) is 13.4. The van der Waals surface area contributed by atoms with Crippen LogP contribution in [0.5, 0.6) is 17.4 Å². The second-order valence-corrected chi connectivity index (χ2v) is 11.1. The molecule has 1 aliphatic carbocycles. The van der Waals surface area contributed by atoms with Gasteiger partial charge in [-0.3, -0.25) is 4.79 Å². The lowest BCUT2D eigenvalue weighted by atomic mass is 9.79. The van der Waals surface area contributed by atoms with Crippen LogP contribution in [0.3, 0.4) is 0 Å². The van der Waals surface area contributed by atoms with Crippen molar-refractivity contribution in [1.82, 2.24) is 10.3 Å². The molecule has 2 heterocycles. The number of aliphatic hydroxyl groups is 1. The highest BCUT2D eigenvalue weighted by atomic mass is 16.5. The maximum absolute atomic E-state index is 12.8. The van der Waals surface area contributed by atoms with Crippen molar-refractivity contribution in [2.45, 2.75) is 63.0 Å². The summed E-state index contributed by atoms with van der Waals surface area (Å²) in [4.78, 5) is 16.9. The molecule has 1 saturated carbocycles. The van der Waals surface area contributed by atoms with Crippen molar-refractivity contribution in [2.24, 2.45) is 0 Å². The quantitative estimate of drug-likeness (QED) is 0.345. The Labute approximate surface area is 229 Å². The van der Waals surface area contributed by atoms with Crippen molar-refractivity contribution in [1.29, 1.82) is 5.26 Å². The van der Waals surface area contributed by atoms with E-state index in [9.17, 15) is 9.90 Å². The van der Waals surface area contributed by atoms with Crippen LogP contribution in [0, 0.1) is 11.3 Å². The Morgan fingerprint density at radius 2 is 1.92 bits per heavy atom. The molecule has 8 heteroatoms. The van der Waals surface area contributed by atoms with Gasteiger partial charge in [0.2, 0.25) is 11.8 Å². The summed E-state index contributed by atoms with van der Waals surface area (Å²) in [6, 6.07) is 18.9. The molecule has 1 spiro atoms. The predicted octanol–water partition coefficient (Wildman–Crippen LogP) is 4.86. The molecule has 3 N–H and O–H groups in total. The van der Waals surface area contributed by atoms with E-state index in [1.807, 2.05) is 48.5 Å². The largest absolute Gasteiger partial charge is 0.490 e. The summed E-state index contributed by atoms with van der Waals surface area (Å²) in [5.74, 6) is 1.85. The fourth-order valence-corrected chi connectivity index (χ4v) is 5.58. The second kappa shape index (κ2) is 11.0. The molecule has 1 fully saturated rings. The first kappa shape index (κ1) is 26.7. The minimum atomic E-state index is -0.708. The number of nitrogens with one attached hydrogen (secondary N) is 2. The Bertz CT molecular complexity index is 1360. The van der Waals surface area contributed by atoms with E-state index in [4.69, 9.17) is 14.7 Å². The fourth-order valence-electron chi connectivity index (χ4n) is 5.58. The monoisotopic (exact) mass is 526 g/mol.